The van der Waals surface area contributed by atoms with Gasteiger partial charge in [-0.25, -0.2) is 4.98 Å². The van der Waals surface area contributed by atoms with E-state index in [2.05, 4.69) is 4.98 Å². The summed E-state index contributed by atoms with van der Waals surface area (Å²) in [4.78, 5) is 14.7. The van der Waals surface area contributed by atoms with Gasteiger partial charge in [-0.2, -0.15) is 13.2 Å². The predicted molar refractivity (Wildman–Crippen MR) is 80.2 cm³/mol. The fraction of sp³-hybridized carbons (Fsp3) is 0.200. The number of rotatable bonds is 3. The summed E-state index contributed by atoms with van der Waals surface area (Å²) in [6.07, 6.45) is -5.24. The SMILES string of the molecule is Cc1cc(Cl)ccc1-c1nc(CC(=O)O)c(N)cc1C(F)(F)F. The summed E-state index contributed by atoms with van der Waals surface area (Å²) in [5, 5.41) is 9.21. The third kappa shape index (κ3) is 3.73. The van der Waals surface area contributed by atoms with E-state index in [1.807, 2.05) is 0 Å². The summed E-state index contributed by atoms with van der Waals surface area (Å²) in [5.74, 6) is -1.23. The van der Waals surface area contributed by atoms with Crippen molar-refractivity contribution in [1.82, 2.24) is 4.98 Å². The Morgan fingerprint density at radius 3 is 2.52 bits per heavy atom. The van der Waals surface area contributed by atoms with Crippen LogP contribution in [0.4, 0.5) is 18.9 Å². The summed E-state index contributed by atoms with van der Waals surface area (Å²) in [6.45, 7) is 1.59. The Balaban J connectivity index is 2.74. The van der Waals surface area contributed by atoms with E-state index in [4.69, 9.17) is 22.4 Å². The maximum atomic E-state index is 13.3. The van der Waals surface area contributed by atoms with Gasteiger partial charge in [0, 0.05) is 10.6 Å². The molecule has 4 nitrogen and oxygen atoms in total. The minimum Gasteiger partial charge on any atom is -0.481 e. The van der Waals surface area contributed by atoms with Crippen LogP contribution in [0.2, 0.25) is 5.02 Å². The molecule has 8 heteroatoms. The number of aryl methyl sites for hydroxylation is 1. The van der Waals surface area contributed by atoms with Gasteiger partial charge in [-0.1, -0.05) is 17.7 Å². The van der Waals surface area contributed by atoms with Crippen LogP contribution in [0.3, 0.4) is 0 Å². The molecule has 1 heterocycles. The summed E-state index contributed by atoms with van der Waals surface area (Å²) in [7, 11) is 0. The molecule has 1 aromatic carbocycles. The molecule has 2 rings (SSSR count). The van der Waals surface area contributed by atoms with E-state index in [0.717, 1.165) is 0 Å². The van der Waals surface area contributed by atoms with Gasteiger partial charge in [-0.15, -0.1) is 0 Å². The predicted octanol–water partition coefficient (Wildman–Crippen LogP) is 3.94. The fourth-order valence-electron chi connectivity index (χ4n) is 2.17. The first-order valence-electron chi connectivity index (χ1n) is 6.44. The molecule has 0 spiro atoms. The average molecular weight is 345 g/mol. The molecule has 0 unspecified atom stereocenters. The largest absolute Gasteiger partial charge is 0.481 e. The highest BCUT2D eigenvalue weighted by molar-refractivity contribution is 6.30. The molecule has 0 amide bonds. The number of nitrogens with zero attached hydrogens (tertiary/aromatic N) is 1. The lowest BCUT2D eigenvalue weighted by molar-refractivity contribution is -0.137. The van der Waals surface area contributed by atoms with Gasteiger partial charge in [0.1, 0.15) is 0 Å². The second-order valence-electron chi connectivity index (χ2n) is 4.95. The Hall–Kier alpha value is -2.28. The van der Waals surface area contributed by atoms with E-state index in [1.165, 1.54) is 18.2 Å². The van der Waals surface area contributed by atoms with Crippen LogP contribution < -0.4 is 5.73 Å². The Morgan fingerprint density at radius 2 is 2.00 bits per heavy atom. The molecule has 0 saturated heterocycles. The van der Waals surface area contributed by atoms with Gasteiger partial charge >= 0.3 is 12.1 Å². The number of alkyl halides is 3. The van der Waals surface area contributed by atoms with E-state index < -0.39 is 24.1 Å². The zero-order valence-electron chi connectivity index (χ0n) is 11.9. The number of aromatic nitrogens is 1. The van der Waals surface area contributed by atoms with Gasteiger partial charge in [-0.3, -0.25) is 4.79 Å². The second-order valence-corrected chi connectivity index (χ2v) is 5.38. The summed E-state index contributed by atoms with van der Waals surface area (Å²) in [6, 6.07) is 5.08. The lowest BCUT2D eigenvalue weighted by atomic mass is 9.99. The van der Waals surface area contributed by atoms with Crippen molar-refractivity contribution < 1.29 is 23.1 Å². The lowest BCUT2D eigenvalue weighted by Crippen LogP contribution is -2.14. The van der Waals surface area contributed by atoms with Crippen molar-refractivity contribution >= 4 is 23.3 Å². The summed E-state index contributed by atoms with van der Waals surface area (Å²) in [5.41, 5.74) is 4.42. The van der Waals surface area contributed by atoms with E-state index in [0.29, 0.717) is 16.7 Å². The Kier molecular flexibility index (Phi) is 4.51. The zero-order valence-corrected chi connectivity index (χ0v) is 12.7. The molecule has 0 aliphatic carbocycles. The number of aliphatic carboxylic acids is 1. The number of nitrogens with two attached hydrogens (primary N) is 1. The van der Waals surface area contributed by atoms with Crippen molar-refractivity contribution in [3.05, 3.63) is 46.1 Å². The van der Waals surface area contributed by atoms with E-state index in [9.17, 15) is 18.0 Å². The van der Waals surface area contributed by atoms with Crippen molar-refractivity contribution in [3.63, 3.8) is 0 Å². The summed E-state index contributed by atoms with van der Waals surface area (Å²) < 4.78 is 39.8. The molecular formula is C15H12ClF3N2O2. The highest BCUT2D eigenvalue weighted by atomic mass is 35.5. The van der Waals surface area contributed by atoms with Gasteiger partial charge in [0.2, 0.25) is 0 Å². The number of hydrogen-bond acceptors (Lipinski definition) is 3. The van der Waals surface area contributed by atoms with Crippen LogP contribution in [-0.4, -0.2) is 16.1 Å². The smallest absolute Gasteiger partial charge is 0.418 e. The number of carbonyl (C=O) groups is 1. The molecule has 0 aliphatic heterocycles. The van der Waals surface area contributed by atoms with Crippen LogP contribution in [0.1, 0.15) is 16.8 Å². The number of carboxylic acid groups (broad SMARTS) is 1. The van der Waals surface area contributed by atoms with Crippen LogP contribution in [0.15, 0.2) is 24.3 Å². The van der Waals surface area contributed by atoms with Crippen LogP contribution in [0, 0.1) is 6.92 Å². The summed E-state index contributed by atoms with van der Waals surface area (Å²) >= 11 is 5.82. The van der Waals surface area contributed by atoms with E-state index in [1.54, 1.807) is 6.92 Å². The highest BCUT2D eigenvalue weighted by Crippen LogP contribution is 2.39. The van der Waals surface area contributed by atoms with Crippen molar-refractivity contribution in [2.75, 3.05) is 5.73 Å². The number of anilines is 1. The van der Waals surface area contributed by atoms with Crippen LogP contribution in [-0.2, 0) is 17.4 Å². The third-order valence-electron chi connectivity index (χ3n) is 3.20. The van der Waals surface area contributed by atoms with Gasteiger partial charge in [0.15, 0.2) is 0 Å². The van der Waals surface area contributed by atoms with Gasteiger partial charge in [0.05, 0.1) is 29.1 Å². The minimum absolute atomic E-state index is 0.116. The first kappa shape index (κ1) is 17.1. The molecule has 0 fully saturated rings. The maximum Gasteiger partial charge on any atom is 0.418 e. The lowest BCUT2D eigenvalue weighted by Gasteiger charge is -2.16. The van der Waals surface area contributed by atoms with Crippen LogP contribution in [0.25, 0.3) is 11.3 Å². The first-order valence-corrected chi connectivity index (χ1v) is 6.82. The monoisotopic (exact) mass is 344 g/mol. The fourth-order valence-corrected chi connectivity index (χ4v) is 2.39. The van der Waals surface area contributed by atoms with Crippen LogP contribution >= 0.6 is 11.6 Å². The molecule has 0 bridgehead atoms. The molecule has 3 N–H and O–H groups in total. The van der Waals surface area contributed by atoms with Gasteiger partial charge < -0.3 is 10.8 Å². The molecule has 0 saturated carbocycles. The first-order chi connectivity index (χ1) is 10.6. The van der Waals surface area contributed by atoms with Crippen molar-refractivity contribution in [2.24, 2.45) is 0 Å². The van der Waals surface area contributed by atoms with Crippen molar-refractivity contribution in [2.45, 2.75) is 19.5 Å². The van der Waals surface area contributed by atoms with Crippen LogP contribution in [0.5, 0.6) is 0 Å². The number of benzene rings is 1. The number of pyridine rings is 1. The third-order valence-corrected chi connectivity index (χ3v) is 3.44. The maximum absolute atomic E-state index is 13.3. The normalized spacial score (nSPS) is 11.5. The molecule has 0 aliphatic rings. The second kappa shape index (κ2) is 6.08. The highest BCUT2D eigenvalue weighted by Gasteiger charge is 2.36. The molecule has 0 atom stereocenters. The molecule has 1 aromatic heterocycles. The number of hydrogen-bond donors (Lipinski definition) is 2. The molecule has 23 heavy (non-hydrogen) atoms. The number of carboxylic acids is 1. The average Bonchev–Trinajstić information content (AvgIpc) is 2.39. The Morgan fingerprint density at radius 1 is 1.35 bits per heavy atom. The van der Waals surface area contributed by atoms with Gasteiger partial charge in [0.25, 0.3) is 0 Å². The Labute approximate surface area is 134 Å². The molecule has 2 aromatic rings. The topological polar surface area (TPSA) is 76.2 Å². The molecule has 122 valence electrons. The number of nitrogen functional groups attached to an aromatic ring is 1. The van der Waals surface area contributed by atoms with E-state index in [-0.39, 0.29) is 22.6 Å². The Bertz CT molecular complexity index is 776. The standard InChI is InChI=1S/C15H12ClF3N2O2/c1-7-4-8(16)2-3-9(7)14-10(15(17,18)19)5-11(20)12(21-14)6-13(22)23/h2-5H,6,20H2,1H3,(H,22,23). The van der Waals surface area contributed by atoms with E-state index >= 15 is 0 Å². The molecule has 0 radical (unpaired) electrons. The van der Waals surface area contributed by atoms with Gasteiger partial charge in [-0.05, 0) is 30.7 Å². The van der Waals surface area contributed by atoms with Crippen molar-refractivity contribution in [3.8, 4) is 11.3 Å². The minimum atomic E-state index is -4.68. The zero-order chi connectivity index (χ0) is 17.4. The van der Waals surface area contributed by atoms with Crippen molar-refractivity contribution in [1.29, 1.82) is 0 Å². The quantitative estimate of drug-likeness (QED) is 0.884. The number of halogens is 4. The molecular weight excluding hydrogens is 333 g/mol.